The molecule has 6 heterocycles. The molecule has 6 fully saturated rings. The van der Waals surface area contributed by atoms with Crippen molar-refractivity contribution in [2.24, 2.45) is 0 Å². The Bertz CT molecular complexity index is 2120. The van der Waals surface area contributed by atoms with Gasteiger partial charge < -0.3 is 46.7 Å². The van der Waals surface area contributed by atoms with Gasteiger partial charge >= 0.3 is 8.56 Å². The van der Waals surface area contributed by atoms with Crippen molar-refractivity contribution in [1.82, 2.24) is 0 Å². The van der Waals surface area contributed by atoms with Crippen LogP contribution in [0.2, 0.25) is 10.1 Å². The Morgan fingerprint density at radius 1 is 0.618 bits per heavy atom. The van der Waals surface area contributed by atoms with Crippen LogP contribution in [0.5, 0.6) is 0 Å². The predicted molar refractivity (Wildman–Crippen MR) is 269 cm³/mol. The average molecular weight is 973 g/mol. The van der Waals surface area contributed by atoms with Crippen molar-refractivity contribution < 1.29 is 46.7 Å². The van der Waals surface area contributed by atoms with E-state index < -0.39 is 54.2 Å². The predicted octanol–water partition coefficient (Wildman–Crippen LogP) is 11.7. The van der Waals surface area contributed by atoms with Crippen molar-refractivity contribution in [3.05, 3.63) is 108 Å². The second-order valence-electron chi connectivity index (χ2n) is 23.4. The molecule has 0 unspecified atom stereocenters. The highest BCUT2D eigenvalue weighted by atomic mass is 32.2. The number of rotatable bonds is 13. The summed E-state index contributed by atoms with van der Waals surface area (Å²) in [6.07, 6.45) is 1.79. The maximum atomic E-state index is 7.73. The Morgan fingerprint density at radius 3 is 1.79 bits per heavy atom. The van der Waals surface area contributed by atoms with Gasteiger partial charge in [-0.2, -0.15) is 0 Å². The summed E-state index contributed by atoms with van der Waals surface area (Å²) in [7, 11) is -2.71. The summed E-state index contributed by atoms with van der Waals surface area (Å²) < 4.78 is 72.6. The largest absolute Gasteiger partial charge is 0.391 e. The van der Waals surface area contributed by atoms with Crippen LogP contribution in [0.1, 0.15) is 131 Å². The van der Waals surface area contributed by atoms with Crippen molar-refractivity contribution in [2.45, 2.75) is 221 Å². The van der Waals surface area contributed by atoms with Crippen LogP contribution in [0.25, 0.3) is 0 Å². The topological polar surface area (TPSA) is 92.3 Å². The molecule has 13 atom stereocenters. The quantitative estimate of drug-likeness (QED) is 0.121. The first-order chi connectivity index (χ1) is 32.2. The number of thioether (sulfide) groups is 1. The molecule has 0 radical (unpaired) electrons. The molecule has 0 spiro atoms. The summed E-state index contributed by atoms with van der Waals surface area (Å²) in [5.74, 6) is 0.844. The molecule has 9 rings (SSSR count). The highest BCUT2D eigenvalue weighted by Gasteiger charge is 2.70. The number of hydrogen-bond donors (Lipinski definition) is 0. The van der Waals surface area contributed by atoms with E-state index in [2.05, 4.69) is 137 Å². The second-order valence-corrected chi connectivity index (χ2v) is 29.8. The highest BCUT2D eigenvalue weighted by Crippen LogP contribution is 2.60. The van der Waals surface area contributed by atoms with Gasteiger partial charge in [-0.3, -0.25) is 0 Å². The summed E-state index contributed by atoms with van der Waals surface area (Å²) in [5, 5.41) is -0.244. The van der Waals surface area contributed by atoms with Crippen LogP contribution < -0.4 is 0 Å². The van der Waals surface area contributed by atoms with Crippen molar-refractivity contribution in [2.75, 3.05) is 19.0 Å². The molecule has 3 aromatic rings. The fraction of sp³-hybridized carbons (Fsp3) is 0.679. The molecule has 0 saturated carbocycles. The molecule has 3 aromatic carbocycles. The Labute approximate surface area is 412 Å². The van der Waals surface area contributed by atoms with Gasteiger partial charge in [0.15, 0.2) is 0 Å². The van der Waals surface area contributed by atoms with Gasteiger partial charge in [-0.1, -0.05) is 139 Å². The Balaban J connectivity index is 1.02. The first kappa shape index (κ1) is 50.8. The summed E-state index contributed by atoms with van der Waals surface area (Å²) in [5.41, 5.74) is 0.427. The van der Waals surface area contributed by atoms with Crippen LogP contribution in [-0.4, -0.2) is 104 Å². The lowest BCUT2D eigenvalue weighted by molar-refractivity contribution is -0.373. The maximum Gasteiger partial charge on any atom is 0.349 e. The van der Waals surface area contributed by atoms with Crippen molar-refractivity contribution in [3.8, 4) is 0 Å². The molecule has 374 valence electrons. The van der Waals surface area contributed by atoms with Gasteiger partial charge in [0.25, 0.3) is 0 Å². The second kappa shape index (κ2) is 19.3. The molecular formula is C56H80O10SSi. The number of fused-ring (bicyclic) bond motifs is 5. The van der Waals surface area contributed by atoms with Gasteiger partial charge in [0.1, 0.15) is 28.8 Å². The normalized spacial score (nSPS) is 39.0. The van der Waals surface area contributed by atoms with E-state index >= 15 is 0 Å². The lowest BCUT2D eigenvalue weighted by Gasteiger charge is -2.63. The SMILES string of the molecule is CCS[C@]12C[C@H]3O[C@@](C)(CCOCc4ccccc4)[C@H](OCc4ccccc4)[C@H](OCc4ccccc4)[C@]3(C)O[C@@H]1CC[C@]1(C)O[C@@H]3C[C@@H]4O[Si](C(C)(C)C)(C(C)(C)C)OC[C@H]4O[C@@]3(C)C[C@H]1O2. The van der Waals surface area contributed by atoms with E-state index in [1.165, 1.54) is 0 Å². The summed E-state index contributed by atoms with van der Waals surface area (Å²) in [4.78, 5) is -0.723. The summed E-state index contributed by atoms with van der Waals surface area (Å²) in [6.45, 7) is 27.0. The van der Waals surface area contributed by atoms with Crippen molar-refractivity contribution >= 4 is 20.3 Å². The van der Waals surface area contributed by atoms with Gasteiger partial charge in [0, 0.05) is 42.4 Å². The summed E-state index contributed by atoms with van der Waals surface area (Å²) in [6, 6.07) is 31.1. The fourth-order valence-electron chi connectivity index (χ4n) is 12.7. The van der Waals surface area contributed by atoms with Gasteiger partial charge in [-0.05, 0) is 63.0 Å². The van der Waals surface area contributed by atoms with E-state index in [-0.39, 0.29) is 40.6 Å². The molecule has 0 aliphatic carbocycles. The van der Waals surface area contributed by atoms with Crippen LogP contribution in [0.15, 0.2) is 91.0 Å². The maximum absolute atomic E-state index is 7.73. The van der Waals surface area contributed by atoms with E-state index in [1.54, 1.807) is 0 Å². The van der Waals surface area contributed by atoms with E-state index in [0.717, 1.165) is 41.7 Å². The third kappa shape index (κ3) is 9.62. The van der Waals surface area contributed by atoms with E-state index in [1.807, 2.05) is 42.1 Å². The number of benzene rings is 3. The molecular weight excluding hydrogens is 893 g/mol. The third-order valence-electron chi connectivity index (χ3n) is 16.3. The first-order valence-corrected chi connectivity index (χ1v) is 28.3. The van der Waals surface area contributed by atoms with Gasteiger partial charge in [0.2, 0.25) is 0 Å². The van der Waals surface area contributed by atoms with Crippen molar-refractivity contribution in [1.29, 1.82) is 0 Å². The van der Waals surface area contributed by atoms with Crippen LogP contribution >= 0.6 is 11.8 Å². The molecule has 68 heavy (non-hydrogen) atoms. The van der Waals surface area contributed by atoms with Gasteiger partial charge in [0.05, 0.1) is 73.8 Å². The van der Waals surface area contributed by atoms with Crippen molar-refractivity contribution in [3.63, 3.8) is 0 Å². The number of ether oxygens (including phenoxy) is 8. The molecule has 12 heteroatoms. The monoisotopic (exact) mass is 973 g/mol. The smallest absolute Gasteiger partial charge is 0.349 e. The zero-order valence-electron chi connectivity index (χ0n) is 42.8. The fourth-order valence-corrected chi connectivity index (χ4v) is 19.0. The Hall–Kier alpha value is -2.17. The molecule has 0 aromatic heterocycles. The van der Waals surface area contributed by atoms with Gasteiger partial charge in [-0.15, -0.1) is 11.8 Å². The Kier molecular flexibility index (Phi) is 14.4. The molecule has 0 N–H and O–H groups in total. The first-order valence-electron chi connectivity index (χ1n) is 25.5. The standard InChI is InChI=1S/C56H80O10SSi/c1-12-67-56-34-47-55(11,64-44(56)28-29-52(8)46(65-56)33-54(10)45(62-52)32-42-43(61-54)38-60-68(66-42,50(2,3)4)51(5,6)7)49(59-37-41-26-20-15-21-27-41)48(58-36-40-24-18-14-19-25-40)53(9,63-47)30-31-57-35-39-22-16-13-17-23-39/h13-27,42-49H,12,28-38H2,1-11H3/t42-,43+,44+,45+,46+,47+,48+,49-,52-,53-,54-,55+,56+/m0/s1. The third-order valence-corrected chi connectivity index (χ3v) is 22.7. The summed E-state index contributed by atoms with van der Waals surface area (Å²) >= 11 is 1.84. The van der Waals surface area contributed by atoms with Gasteiger partial charge in [-0.25, -0.2) is 0 Å². The minimum atomic E-state index is -2.71. The highest BCUT2D eigenvalue weighted by molar-refractivity contribution is 8.00. The lowest BCUT2D eigenvalue weighted by Crippen LogP contribution is -2.75. The Morgan fingerprint density at radius 2 is 1.21 bits per heavy atom. The van der Waals surface area contributed by atoms with E-state index in [4.69, 9.17) is 46.7 Å². The zero-order valence-corrected chi connectivity index (χ0v) is 44.6. The molecule has 10 nitrogen and oxygen atoms in total. The molecule has 6 saturated heterocycles. The van der Waals surface area contributed by atoms with Crippen LogP contribution in [0, 0.1) is 0 Å². The van der Waals surface area contributed by atoms with Crippen LogP contribution in [-0.2, 0) is 66.6 Å². The van der Waals surface area contributed by atoms with E-state index in [0.29, 0.717) is 52.3 Å². The zero-order chi connectivity index (χ0) is 48.2. The minimum Gasteiger partial charge on any atom is -0.391 e. The van der Waals surface area contributed by atoms with Crippen LogP contribution in [0.4, 0.5) is 0 Å². The average Bonchev–Trinajstić information content (AvgIpc) is 3.40. The number of hydrogen-bond acceptors (Lipinski definition) is 11. The van der Waals surface area contributed by atoms with E-state index in [9.17, 15) is 0 Å². The molecule has 0 bridgehead atoms. The molecule has 6 aliphatic heterocycles. The molecule has 6 aliphatic rings. The molecule has 0 amide bonds. The van der Waals surface area contributed by atoms with Crippen LogP contribution in [0.3, 0.4) is 0 Å². The minimum absolute atomic E-state index is 0.102. The lowest BCUT2D eigenvalue weighted by atomic mass is 9.73.